The SMILES string of the molecule is CCOC1CC(Nc2cc3c(cc2N)OCCO3)C1. The van der Waals surface area contributed by atoms with Crippen LogP contribution in [0.25, 0.3) is 0 Å². The molecule has 3 N–H and O–H groups in total. The Hall–Kier alpha value is -1.62. The summed E-state index contributed by atoms with van der Waals surface area (Å²) in [5.41, 5.74) is 7.65. The van der Waals surface area contributed by atoms with Gasteiger partial charge in [0.2, 0.25) is 0 Å². The average Bonchev–Trinajstić information content (AvgIpc) is 2.37. The Balaban J connectivity index is 1.65. The summed E-state index contributed by atoms with van der Waals surface area (Å²) in [5, 5.41) is 3.44. The Morgan fingerprint density at radius 1 is 1.26 bits per heavy atom. The molecule has 1 aliphatic carbocycles. The van der Waals surface area contributed by atoms with Crippen molar-refractivity contribution in [3.8, 4) is 11.5 Å². The average molecular weight is 264 g/mol. The van der Waals surface area contributed by atoms with Gasteiger partial charge < -0.3 is 25.3 Å². The number of anilines is 2. The first-order valence-corrected chi connectivity index (χ1v) is 6.83. The van der Waals surface area contributed by atoms with E-state index in [-0.39, 0.29) is 0 Å². The van der Waals surface area contributed by atoms with Crippen LogP contribution >= 0.6 is 0 Å². The van der Waals surface area contributed by atoms with E-state index in [0.717, 1.165) is 36.6 Å². The normalized spacial score (nSPS) is 24.7. The number of benzene rings is 1. The predicted octanol–water partition coefficient (Wildman–Crippen LogP) is 2.02. The molecular weight excluding hydrogens is 244 g/mol. The largest absolute Gasteiger partial charge is 0.486 e. The van der Waals surface area contributed by atoms with Crippen molar-refractivity contribution >= 4 is 11.4 Å². The highest BCUT2D eigenvalue weighted by Crippen LogP contribution is 2.38. The Morgan fingerprint density at radius 2 is 1.95 bits per heavy atom. The minimum absolute atomic E-state index is 0.390. The van der Waals surface area contributed by atoms with Crippen LogP contribution in [0.5, 0.6) is 11.5 Å². The van der Waals surface area contributed by atoms with E-state index in [1.807, 2.05) is 19.1 Å². The molecule has 5 nitrogen and oxygen atoms in total. The number of hydrogen-bond donors (Lipinski definition) is 2. The fourth-order valence-corrected chi connectivity index (χ4v) is 2.50. The van der Waals surface area contributed by atoms with Gasteiger partial charge in [-0.05, 0) is 19.8 Å². The van der Waals surface area contributed by atoms with Gasteiger partial charge in [0.05, 0.1) is 17.5 Å². The fourth-order valence-electron chi connectivity index (χ4n) is 2.50. The summed E-state index contributed by atoms with van der Waals surface area (Å²) in [6.45, 7) is 3.98. The molecule has 1 aromatic carbocycles. The van der Waals surface area contributed by atoms with E-state index < -0.39 is 0 Å². The quantitative estimate of drug-likeness (QED) is 0.814. The third-order valence-electron chi connectivity index (χ3n) is 3.57. The molecule has 0 radical (unpaired) electrons. The van der Waals surface area contributed by atoms with Gasteiger partial charge in [0, 0.05) is 24.8 Å². The van der Waals surface area contributed by atoms with E-state index in [1.165, 1.54) is 0 Å². The van der Waals surface area contributed by atoms with Crippen LogP contribution in [0.3, 0.4) is 0 Å². The molecule has 0 bridgehead atoms. The van der Waals surface area contributed by atoms with Crippen molar-refractivity contribution in [3.05, 3.63) is 12.1 Å². The maximum Gasteiger partial charge on any atom is 0.163 e. The molecule has 0 amide bonds. The maximum atomic E-state index is 6.04. The zero-order chi connectivity index (χ0) is 13.2. The second-order valence-electron chi connectivity index (χ2n) is 4.97. The van der Waals surface area contributed by atoms with Crippen LogP contribution in [-0.4, -0.2) is 32.0 Å². The Labute approximate surface area is 113 Å². The molecule has 104 valence electrons. The van der Waals surface area contributed by atoms with Crippen molar-refractivity contribution in [1.82, 2.24) is 0 Å². The highest BCUT2D eigenvalue weighted by molar-refractivity contribution is 5.72. The van der Waals surface area contributed by atoms with E-state index in [2.05, 4.69) is 5.32 Å². The highest BCUT2D eigenvalue weighted by Gasteiger charge is 2.30. The number of fused-ring (bicyclic) bond motifs is 1. The molecular formula is C14H20N2O3. The number of hydrogen-bond acceptors (Lipinski definition) is 5. The first-order valence-electron chi connectivity index (χ1n) is 6.83. The summed E-state index contributed by atoms with van der Waals surface area (Å²) in [6.07, 6.45) is 2.45. The lowest BCUT2D eigenvalue weighted by Crippen LogP contribution is -2.41. The summed E-state index contributed by atoms with van der Waals surface area (Å²) >= 11 is 0. The van der Waals surface area contributed by atoms with Gasteiger partial charge in [-0.25, -0.2) is 0 Å². The van der Waals surface area contributed by atoms with Crippen molar-refractivity contribution in [1.29, 1.82) is 0 Å². The van der Waals surface area contributed by atoms with Gasteiger partial charge in [0.25, 0.3) is 0 Å². The molecule has 1 aromatic rings. The van der Waals surface area contributed by atoms with Gasteiger partial charge in [-0.3, -0.25) is 0 Å². The molecule has 1 fully saturated rings. The Kier molecular flexibility index (Phi) is 3.38. The zero-order valence-corrected chi connectivity index (χ0v) is 11.1. The van der Waals surface area contributed by atoms with Crippen molar-refractivity contribution in [2.75, 3.05) is 30.9 Å². The number of ether oxygens (including phenoxy) is 3. The lowest BCUT2D eigenvalue weighted by atomic mass is 9.89. The van der Waals surface area contributed by atoms with Crippen molar-refractivity contribution in [2.24, 2.45) is 0 Å². The summed E-state index contributed by atoms with van der Waals surface area (Å²) < 4.78 is 16.6. The van der Waals surface area contributed by atoms with E-state index in [4.69, 9.17) is 19.9 Å². The standard InChI is InChI=1S/C14H20N2O3/c1-2-17-10-5-9(6-10)16-12-8-14-13(7-11(12)15)18-3-4-19-14/h7-10,16H,2-6,15H2,1H3. The molecule has 0 saturated heterocycles. The van der Waals surface area contributed by atoms with Crippen molar-refractivity contribution in [2.45, 2.75) is 31.9 Å². The smallest absolute Gasteiger partial charge is 0.163 e. The Morgan fingerprint density at radius 3 is 2.63 bits per heavy atom. The van der Waals surface area contributed by atoms with E-state index in [1.54, 1.807) is 0 Å². The third kappa shape index (κ3) is 2.56. The second kappa shape index (κ2) is 5.17. The van der Waals surface area contributed by atoms with Crippen LogP contribution in [0.1, 0.15) is 19.8 Å². The van der Waals surface area contributed by atoms with E-state index in [9.17, 15) is 0 Å². The monoisotopic (exact) mass is 264 g/mol. The number of nitrogen functional groups attached to an aromatic ring is 1. The molecule has 5 heteroatoms. The van der Waals surface area contributed by atoms with Crippen molar-refractivity contribution < 1.29 is 14.2 Å². The molecule has 0 spiro atoms. The molecule has 3 rings (SSSR count). The van der Waals surface area contributed by atoms with Crippen LogP contribution in [0.15, 0.2) is 12.1 Å². The molecule has 1 saturated carbocycles. The van der Waals surface area contributed by atoms with Crippen LogP contribution in [0.4, 0.5) is 11.4 Å². The summed E-state index contributed by atoms with van der Waals surface area (Å²) in [5.74, 6) is 1.50. The van der Waals surface area contributed by atoms with Crippen LogP contribution in [0.2, 0.25) is 0 Å². The minimum atomic E-state index is 0.390. The van der Waals surface area contributed by atoms with Crippen molar-refractivity contribution in [3.63, 3.8) is 0 Å². The lowest BCUT2D eigenvalue weighted by molar-refractivity contribution is 0.00300. The van der Waals surface area contributed by atoms with Crippen LogP contribution in [-0.2, 0) is 4.74 Å². The first kappa shape index (κ1) is 12.4. The fraction of sp³-hybridized carbons (Fsp3) is 0.571. The number of nitrogens with one attached hydrogen (secondary N) is 1. The zero-order valence-electron chi connectivity index (χ0n) is 11.1. The second-order valence-corrected chi connectivity index (χ2v) is 4.97. The first-order chi connectivity index (χ1) is 9.26. The van der Waals surface area contributed by atoms with Gasteiger partial charge in [-0.1, -0.05) is 0 Å². The maximum absolute atomic E-state index is 6.04. The molecule has 1 heterocycles. The van der Waals surface area contributed by atoms with Gasteiger partial charge in [0.1, 0.15) is 13.2 Å². The van der Waals surface area contributed by atoms with E-state index in [0.29, 0.717) is 31.0 Å². The molecule has 1 aliphatic heterocycles. The van der Waals surface area contributed by atoms with Gasteiger partial charge in [-0.2, -0.15) is 0 Å². The van der Waals surface area contributed by atoms with Gasteiger partial charge in [0.15, 0.2) is 11.5 Å². The number of nitrogens with two attached hydrogens (primary N) is 1. The van der Waals surface area contributed by atoms with Gasteiger partial charge in [-0.15, -0.1) is 0 Å². The molecule has 2 aliphatic rings. The molecule has 0 atom stereocenters. The molecule has 19 heavy (non-hydrogen) atoms. The highest BCUT2D eigenvalue weighted by atomic mass is 16.6. The van der Waals surface area contributed by atoms with E-state index >= 15 is 0 Å². The minimum Gasteiger partial charge on any atom is -0.486 e. The lowest BCUT2D eigenvalue weighted by Gasteiger charge is -2.36. The summed E-state index contributed by atoms with van der Waals surface area (Å²) in [4.78, 5) is 0. The summed E-state index contributed by atoms with van der Waals surface area (Å²) in [7, 11) is 0. The molecule has 0 unspecified atom stereocenters. The molecule has 0 aromatic heterocycles. The topological polar surface area (TPSA) is 65.7 Å². The van der Waals surface area contributed by atoms with Crippen LogP contribution in [0, 0.1) is 0 Å². The summed E-state index contributed by atoms with van der Waals surface area (Å²) in [6, 6.07) is 4.19. The van der Waals surface area contributed by atoms with Gasteiger partial charge >= 0.3 is 0 Å². The third-order valence-corrected chi connectivity index (χ3v) is 3.57. The van der Waals surface area contributed by atoms with Crippen LogP contribution < -0.4 is 20.5 Å². The number of rotatable bonds is 4. The Bertz CT molecular complexity index is 458. The predicted molar refractivity (Wildman–Crippen MR) is 73.9 cm³/mol.